The van der Waals surface area contributed by atoms with Gasteiger partial charge in [-0.1, -0.05) is 0 Å². The van der Waals surface area contributed by atoms with Gasteiger partial charge in [-0.15, -0.1) is 0 Å². The van der Waals surface area contributed by atoms with E-state index in [0.717, 1.165) is 25.5 Å². The van der Waals surface area contributed by atoms with Crippen LogP contribution in [0.15, 0.2) is 16.7 Å². The Balaban J connectivity index is 1.98. The van der Waals surface area contributed by atoms with E-state index in [1.54, 1.807) is 0 Å². The molecule has 1 N–H and O–H groups in total. The van der Waals surface area contributed by atoms with Crippen LogP contribution >= 0.6 is 15.9 Å². The van der Waals surface area contributed by atoms with E-state index in [1.165, 1.54) is 6.20 Å². The molecule has 0 saturated carbocycles. The van der Waals surface area contributed by atoms with E-state index in [0.29, 0.717) is 17.4 Å². The van der Waals surface area contributed by atoms with Crippen LogP contribution in [0.2, 0.25) is 0 Å². The molecule has 0 bridgehead atoms. The number of rotatable bonds is 4. The second kappa shape index (κ2) is 6.09. The lowest BCUT2D eigenvalue weighted by Crippen LogP contribution is -2.16. The predicted molar refractivity (Wildman–Crippen MR) is 69.0 cm³/mol. The molecule has 1 unspecified atom stereocenters. The molecule has 1 aromatic rings. The Labute approximate surface area is 117 Å². The highest BCUT2D eigenvalue weighted by molar-refractivity contribution is 9.10. The molecule has 2 heterocycles. The van der Waals surface area contributed by atoms with Gasteiger partial charge in [-0.25, -0.2) is 4.98 Å². The topological polar surface area (TPSA) is 34.2 Å². The Morgan fingerprint density at radius 3 is 2.89 bits per heavy atom. The van der Waals surface area contributed by atoms with Gasteiger partial charge in [0.25, 0.3) is 0 Å². The molecule has 1 aliphatic heterocycles. The summed E-state index contributed by atoms with van der Waals surface area (Å²) < 4.78 is 44.2. The zero-order chi connectivity index (χ0) is 13.9. The van der Waals surface area contributed by atoms with Crippen LogP contribution in [0.1, 0.15) is 24.8 Å². The second-order valence-corrected chi connectivity index (χ2v) is 5.31. The lowest BCUT2D eigenvalue weighted by atomic mass is 10.2. The number of nitrogens with one attached hydrogen (secondary N) is 1. The van der Waals surface area contributed by atoms with Crippen LogP contribution in [0.3, 0.4) is 0 Å². The maximum absolute atomic E-state index is 12.8. The molecule has 19 heavy (non-hydrogen) atoms. The molecule has 7 heteroatoms. The maximum Gasteiger partial charge on any atom is 0.419 e. The first kappa shape index (κ1) is 14.6. The number of hydrogen-bond acceptors (Lipinski definition) is 3. The fraction of sp³-hybridized carbons (Fsp3) is 0.583. The van der Waals surface area contributed by atoms with Gasteiger partial charge in [-0.3, -0.25) is 0 Å². The third-order valence-electron chi connectivity index (χ3n) is 2.94. The summed E-state index contributed by atoms with van der Waals surface area (Å²) in [5.74, 6) is -0.131. The fourth-order valence-corrected chi connectivity index (χ4v) is 2.35. The van der Waals surface area contributed by atoms with Crippen LogP contribution in [-0.4, -0.2) is 24.2 Å². The Kier molecular flexibility index (Phi) is 4.67. The van der Waals surface area contributed by atoms with Crippen molar-refractivity contribution in [3.05, 3.63) is 22.3 Å². The number of aromatic nitrogens is 1. The molecule has 1 saturated heterocycles. The number of nitrogens with zero attached hydrogens (tertiary/aromatic N) is 1. The van der Waals surface area contributed by atoms with Crippen LogP contribution in [0.5, 0.6) is 0 Å². The number of alkyl halides is 3. The first-order valence-electron chi connectivity index (χ1n) is 6.05. The molecule has 1 aliphatic rings. The summed E-state index contributed by atoms with van der Waals surface area (Å²) in [6, 6.07) is 1.03. The largest absolute Gasteiger partial charge is 0.419 e. The molecule has 0 aliphatic carbocycles. The number of pyridine rings is 1. The molecule has 1 aromatic heterocycles. The van der Waals surface area contributed by atoms with Crippen molar-refractivity contribution in [3.63, 3.8) is 0 Å². The minimum atomic E-state index is -4.41. The van der Waals surface area contributed by atoms with Gasteiger partial charge < -0.3 is 10.1 Å². The third-order valence-corrected chi connectivity index (χ3v) is 3.38. The summed E-state index contributed by atoms with van der Waals surface area (Å²) in [5, 5.41) is 2.74. The number of anilines is 1. The highest BCUT2D eigenvalue weighted by Crippen LogP contribution is 2.35. The van der Waals surface area contributed by atoms with Crippen molar-refractivity contribution in [2.75, 3.05) is 18.5 Å². The van der Waals surface area contributed by atoms with E-state index < -0.39 is 11.7 Å². The maximum atomic E-state index is 12.8. The monoisotopic (exact) mass is 338 g/mol. The summed E-state index contributed by atoms with van der Waals surface area (Å²) in [6.07, 6.45) is -0.226. The van der Waals surface area contributed by atoms with E-state index >= 15 is 0 Å². The average Bonchev–Trinajstić information content (AvgIpc) is 2.83. The first-order valence-corrected chi connectivity index (χ1v) is 6.84. The van der Waals surface area contributed by atoms with Crippen molar-refractivity contribution in [3.8, 4) is 0 Å². The van der Waals surface area contributed by atoms with Gasteiger partial charge in [-0.05, 0) is 41.3 Å². The van der Waals surface area contributed by atoms with Gasteiger partial charge in [0.15, 0.2) is 0 Å². The molecular weight excluding hydrogens is 325 g/mol. The lowest BCUT2D eigenvalue weighted by molar-refractivity contribution is -0.137. The highest BCUT2D eigenvalue weighted by atomic mass is 79.9. The summed E-state index contributed by atoms with van der Waals surface area (Å²) in [4.78, 5) is 3.79. The van der Waals surface area contributed by atoms with Crippen LogP contribution < -0.4 is 5.32 Å². The first-order chi connectivity index (χ1) is 8.97. The zero-order valence-electron chi connectivity index (χ0n) is 10.1. The van der Waals surface area contributed by atoms with Crippen LogP contribution in [-0.2, 0) is 10.9 Å². The van der Waals surface area contributed by atoms with E-state index in [-0.39, 0.29) is 11.9 Å². The fourth-order valence-electron chi connectivity index (χ4n) is 2.02. The molecule has 0 radical (unpaired) electrons. The molecular formula is C12H14BrF3N2O. The van der Waals surface area contributed by atoms with Crippen molar-refractivity contribution in [2.45, 2.75) is 31.5 Å². The SMILES string of the molecule is FC(F)(F)c1cc(Br)cnc1NCCC1CCCO1. The molecule has 3 nitrogen and oxygen atoms in total. The van der Waals surface area contributed by atoms with Crippen LogP contribution in [0, 0.1) is 0 Å². The zero-order valence-corrected chi connectivity index (χ0v) is 11.7. The van der Waals surface area contributed by atoms with Crippen LogP contribution in [0.4, 0.5) is 19.0 Å². The quantitative estimate of drug-likeness (QED) is 0.905. The van der Waals surface area contributed by atoms with Gasteiger partial charge in [0.1, 0.15) is 5.82 Å². The van der Waals surface area contributed by atoms with Gasteiger partial charge in [0.05, 0.1) is 11.7 Å². The number of hydrogen-bond donors (Lipinski definition) is 1. The number of halogens is 4. The van der Waals surface area contributed by atoms with E-state index in [2.05, 4.69) is 26.2 Å². The second-order valence-electron chi connectivity index (χ2n) is 4.40. The summed E-state index contributed by atoms with van der Waals surface area (Å²) in [5.41, 5.74) is -0.755. The van der Waals surface area contributed by atoms with Crippen molar-refractivity contribution < 1.29 is 17.9 Å². The highest BCUT2D eigenvalue weighted by Gasteiger charge is 2.34. The molecule has 1 fully saturated rings. The summed E-state index contributed by atoms with van der Waals surface area (Å²) in [7, 11) is 0. The van der Waals surface area contributed by atoms with Crippen molar-refractivity contribution >= 4 is 21.7 Å². The normalized spacial score (nSPS) is 19.7. The Bertz CT molecular complexity index is 433. The smallest absolute Gasteiger partial charge is 0.378 e. The lowest BCUT2D eigenvalue weighted by Gasteiger charge is -2.15. The van der Waals surface area contributed by atoms with Crippen molar-refractivity contribution in [1.82, 2.24) is 4.98 Å². The predicted octanol–water partition coefficient (Wildman–Crippen LogP) is 3.84. The van der Waals surface area contributed by atoms with E-state index in [1.807, 2.05) is 0 Å². The number of ether oxygens (including phenoxy) is 1. The minimum Gasteiger partial charge on any atom is -0.378 e. The third kappa shape index (κ3) is 4.07. The Hall–Kier alpha value is -0.820. The molecule has 0 spiro atoms. The van der Waals surface area contributed by atoms with Gasteiger partial charge in [0, 0.05) is 23.8 Å². The molecule has 0 amide bonds. The molecule has 106 valence electrons. The molecule has 2 rings (SSSR count). The molecule has 1 atom stereocenters. The average molecular weight is 339 g/mol. The van der Waals surface area contributed by atoms with Gasteiger partial charge in [0.2, 0.25) is 0 Å². The Morgan fingerprint density at radius 2 is 2.26 bits per heavy atom. The van der Waals surface area contributed by atoms with E-state index in [4.69, 9.17) is 4.74 Å². The summed E-state index contributed by atoms with van der Waals surface area (Å²) >= 11 is 3.00. The van der Waals surface area contributed by atoms with Crippen LogP contribution in [0.25, 0.3) is 0 Å². The summed E-state index contributed by atoms with van der Waals surface area (Å²) in [6.45, 7) is 1.16. The minimum absolute atomic E-state index is 0.131. The van der Waals surface area contributed by atoms with Gasteiger partial charge >= 0.3 is 6.18 Å². The van der Waals surface area contributed by atoms with E-state index in [9.17, 15) is 13.2 Å². The van der Waals surface area contributed by atoms with Crippen molar-refractivity contribution in [1.29, 1.82) is 0 Å². The van der Waals surface area contributed by atoms with Gasteiger partial charge in [-0.2, -0.15) is 13.2 Å². The van der Waals surface area contributed by atoms with Crippen molar-refractivity contribution in [2.24, 2.45) is 0 Å². The standard InChI is InChI=1S/C12H14BrF3N2O/c13-8-6-10(12(14,15)16)11(18-7-8)17-4-3-9-2-1-5-19-9/h6-7,9H,1-5H2,(H,17,18). The molecule has 0 aromatic carbocycles. The Morgan fingerprint density at radius 1 is 1.47 bits per heavy atom.